The van der Waals surface area contributed by atoms with E-state index in [1.54, 1.807) is 30.9 Å². The Kier molecular flexibility index (Phi) is 3.34. The largest absolute Gasteiger partial charge is 0.366 e. The van der Waals surface area contributed by atoms with Crippen LogP contribution in [-0.4, -0.2) is 20.4 Å². The lowest BCUT2D eigenvalue weighted by Crippen LogP contribution is -2.11. The highest BCUT2D eigenvalue weighted by molar-refractivity contribution is 5.93. The van der Waals surface area contributed by atoms with Crippen LogP contribution in [-0.2, 0) is 0 Å². The highest BCUT2D eigenvalue weighted by Crippen LogP contribution is 2.17. The van der Waals surface area contributed by atoms with Crippen LogP contribution in [0.5, 0.6) is 0 Å². The standard InChI is InChI=1S/C15H13N5O/c16-15(21)11-5-6-18-14(9-11)19-12-1-3-13(4-2-12)20-8-7-17-10-20/h1-10H,(H2,16,21)(H,18,19). The van der Waals surface area contributed by atoms with Crippen LogP contribution in [0.4, 0.5) is 11.5 Å². The van der Waals surface area contributed by atoms with Crippen molar-refractivity contribution in [3.63, 3.8) is 0 Å². The van der Waals surface area contributed by atoms with Gasteiger partial charge in [-0.25, -0.2) is 9.97 Å². The van der Waals surface area contributed by atoms with E-state index in [1.807, 2.05) is 35.0 Å². The zero-order valence-electron chi connectivity index (χ0n) is 11.1. The van der Waals surface area contributed by atoms with Crippen LogP contribution >= 0.6 is 0 Å². The zero-order valence-corrected chi connectivity index (χ0v) is 11.1. The zero-order chi connectivity index (χ0) is 14.7. The molecule has 1 amide bonds. The number of rotatable bonds is 4. The predicted molar refractivity (Wildman–Crippen MR) is 79.6 cm³/mol. The van der Waals surface area contributed by atoms with Gasteiger partial charge in [-0.05, 0) is 36.4 Å². The lowest BCUT2D eigenvalue weighted by molar-refractivity contribution is 0.1000. The summed E-state index contributed by atoms with van der Waals surface area (Å²) in [4.78, 5) is 19.3. The van der Waals surface area contributed by atoms with Crippen molar-refractivity contribution in [2.24, 2.45) is 5.73 Å². The maximum Gasteiger partial charge on any atom is 0.248 e. The highest BCUT2D eigenvalue weighted by Gasteiger charge is 2.03. The van der Waals surface area contributed by atoms with Crippen LogP contribution in [0.1, 0.15) is 10.4 Å². The molecule has 3 aromatic rings. The summed E-state index contributed by atoms with van der Waals surface area (Å²) < 4.78 is 1.91. The molecule has 0 radical (unpaired) electrons. The number of nitrogens with zero attached hydrogens (tertiary/aromatic N) is 3. The van der Waals surface area contributed by atoms with Gasteiger partial charge in [0.15, 0.2) is 0 Å². The van der Waals surface area contributed by atoms with Gasteiger partial charge in [0.1, 0.15) is 5.82 Å². The summed E-state index contributed by atoms with van der Waals surface area (Å²) in [5, 5.41) is 3.13. The summed E-state index contributed by atoms with van der Waals surface area (Å²) >= 11 is 0. The summed E-state index contributed by atoms with van der Waals surface area (Å²) in [6.07, 6.45) is 6.88. The molecule has 0 spiro atoms. The Morgan fingerprint density at radius 1 is 1.14 bits per heavy atom. The molecule has 2 heterocycles. The van der Waals surface area contributed by atoms with Crippen molar-refractivity contribution in [1.29, 1.82) is 0 Å². The van der Waals surface area contributed by atoms with Gasteiger partial charge in [-0.15, -0.1) is 0 Å². The molecule has 0 saturated carbocycles. The third-order valence-corrected chi connectivity index (χ3v) is 2.99. The Bertz CT molecular complexity index is 750. The van der Waals surface area contributed by atoms with Crippen molar-refractivity contribution in [2.45, 2.75) is 0 Å². The summed E-state index contributed by atoms with van der Waals surface area (Å²) in [6, 6.07) is 11.0. The monoisotopic (exact) mass is 279 g/mol. The lowest BCUT2D eigenvalue weighted by atomic mass is 10.2. The Labute approximate surface area is 121 Å². The van der Waals surface area contributed by atoms with Crippen LogP contribution in [0.2, 0.25) is 0 Å². The Morgan fingerprint density at radius 3 is 2.62 bits per heavy atom. The molecule has 0 aliphatic heterocycles. The number of hydrogen-bond acceptors (Lipinski definition) is 4. The number of carbonyl (C=O) groups is 1. The molecular weight excluding hydrogens is 266 g/mol. The fourth-order valence-corrected chi connectivity index (χ4v) is 1.93. The van der Waals surface area contributed by atoms with Crippen LogP contribution < -0.4 is 11.1 Å². The molecule has 0 fully saturated rings. The van der Waals surface area contributed by atoms with Crippen LogP contribution in [0.25, 0.3) is 5.69 Å². The van der Waals surface area contributed by atoms with E-state index < -0.39 is 5.91 Å². The molecule has 3 N–H and O–H groups in total. The molecule has 2 aromatic heterocycles. The van der Waals surface area contributed by atoms with Crippen LogP contribution in [0.15, 0.2) is 61.3 Å². The number of nitrogens with two attached hydrogens (primary N) is 1. The molecule has 0 saturated heterocycles. The van der Waals surface area contributed by atoms with Gasteiger partial charge in [-0.2, -0.15) is 0 Å². The van der Waals surface area contributed by atoms with Crippen molar-refractivity contribution in [2.75, 3.05) is 5.32 Å². The quantitative estimate of drug-likeness (QED) is 0.766. The van der Waals surface area contributed by atoms with Gasteiger partial charge in [0.05, 0.1) is 6.33 Å². The van der Waals surface area contributed by atoms with Gasteiger partial charge in [0, 0.05) is 35.5 Å². The average Bonchev–Trinajstić information content (AvgIpc) is 3.02. The van der Waals surface area contributed by atoms with E-state index in [-0.39, 0.29) is 0 Å². The molecule has 0 bridgehead atoms. The number of amides is 1. The van der Waals surface area contributed by atoms with E-state index in [1.165, 1.54) is 0 Å². The number of imidazole rings is 1. The molecule has 0 atom stereocenters. The van der Waals surface area contributed by atoms with E-state index in [9.17, 15) is 4.79 Å². The minimum Gasteiger partial charge on any atom is -0.366 e. The number of aromatic nitrogens is 3. The van der Waals surface area contributed by atoms with Crippen molar-refractivity contribution in [3.05, 3.63) is 66.9 Å². The number of anilines is 2. The van der Waals surface area contributed by atoms with Crippen molar-refractivity contribution < 1.29 is 4.79 Å². The lowest BCUT2D eigenvalue weighted by Gasteiger charge is -2.08. The van der Waals surface area contributed by atoms with Crippen LogP contribution in [0.3, 0.4) is 0 Å². The normalized spacial score (nSPS) is 10.3. The number of primary amides is 1. The summed E-state index contributed by atoms with van der Waals surface area (Å²) in [5.74, 6) is 0.0950. The Hall–Kier alpha value is -3.15. The topological polar surface area (TPSA) is 85.8 Å². The van der Waals surface area contributed by atoms with Gasteiger partial charge in [-0.3, -0.25) is 4.79 Å². The van der Waals surface area contributed by atoms with Crippen molar-refractivity contribution in [3.8, 4) is 5.69 Å². The predicted octanol–water partition coefficient (Wildman–Crippen LogP) is 2.11. The first-order chi connectivity index (χ1) is 10.2. The summed E-state index contributed by atoms with van der Waals surface area (Å²) in [5.41, 5.74) is 7.55. The molecular formula is C15H13N5O. The first-order valence-corrected chi connectivity index (χ1v) is 6.34. The molecule has 3 rings (SSSR count). The van der Waals surface area contributed by atoms with E-state index in [4.69, 9.17) is 5.73 Å². The van der Waals surface area contributed by atoms with Crippen LogP contribution in [0, 0.1) is 0 Å². The van der Waals surface area contributed by atoms with Crippen molar-refractivity contribution >= 4 is 17.4 Å². The number of hydrogen-bond donors (Lipinski definition) is 2. The second-order valence-corrected chi connectivity index (χ2v) is 4.44. The molecule has 0 aliphatic rings. The van der Waals surface area contributed by atoms with Gasteiger partial charge in [0.25, 0.3) is 0 Å². The fourth-order valence-electron chi connectivity index (χ4n) is 1.93. The van der Waals surface area contributed by atoms with E-state index in [0.29, 0.717) is 11.4 Å². The van der Waals surface area contributed by atoms with Gasteiger partial charge in [-0.1, -0.05) is 0 Å². The van der Waals surface area contributed by atoms with Gasteiger partial charge in [0.2, 0.25) is 5.91 Å². The first-order valence-electron chi connectivity index (χ1n) is 6.34. The summed E-state index contributed by atoms with van der Waals surface area (Å²) in [7, 11) is 0. The van der Waals surface area contributed by atoms with Gasteiger partial charge < -0.3 is 15.6 Å². The first kappa shape index (κ1) is 12.9. The fraction of sp³-hybridized carbons (Fsp3) is 0. The maximum atomic E-state index is 11.1. The molecule has 6 nitrogen and oxygen atoms in total. The van der Waals surface area contributed by atoms with Crippen molar-refractivity contribution in [1.82, 2.24) is 14.5 Å². The molecule has 0 unspecified atom stereocenters. The maximum absolute atomic E-state index is 11.1. The Morgan fingerprint density at radius 2 is 1.95 bits per heavy atom. The second-order valence-electron chi connectivity index (χ2n) is 4.44. The minimum atomic E-state index is -0.476. The third kappa shape index (κ3) is 2.89. The van der Waals surface area contributed by atoms with E-state index in [0.717, 1.165) is 11.4 Å². The molecule has 0 aliphatic carbocycles. The number of benzene rings is 1. The molecule has 1 aromatic carbocycles. The van der Waals surface area contributed by atoms with E-state index in [2.05, 4.69) is 15.3 Å². The SMILES string of the molecule is NC(=O)c1ccnc(Nc2ccc(-n3ccnc3)cc2)c1. The number of nitrogens with one attached hydrogen (secondary N) is 1. The number of pyridine rings is 1. The molecule has 21 heavy (non-hydrogen) atoms. The molecule has 104 valence electrons. The minimum absolute atomic E-state index is 0.419. The third-order valence-electron chi connectivity index (χ3n) is 2.99. The number of carbonyl (C=O) groups excluding carboxylic acids is 1. The molecule has 6 heteroatoms. The highest BCUT2D eigenvalue weighted by atomic mass is 16.1. The van der Waals surface area contributed by atoms with Gasteiger partial charge >= 0.3 is 0 Å². The summed E-state index contributed by atoms with van der Waals surface area (Å²) in [6.45, 7) is 0. The second kappa shape index (κ2) is 5.46. The Balaban J connectivity index is 1.79. The average molecular weight is 279 g/mol. The van der Waals surface area contributed by atoms with E-state index >= 15 is 0 Å². The smallest absolute Gasteiger partial charge is 0.248 e.